The molecule has 4 nitrogen and oxygen atoms in total. The van der Waals surface area contributed by atoms with E-state index in [1.807, 2.05) is 19.1 Å². The Bertz CT molecular complexity index is 576. The fourth-order valence-electron chi connectivity index (χ4n) is 2.21. The molecule has 0 aliphatic rings. The smallest absolute Gasteiger partial charge is 0.164 e. The van der Waals surface area contributed by atoms with Gasteiger partial charge in [-0.05, 0) is 51.5 Å². The van der Waals surface area contributed by atoms with Gasteiger partial charge in [-0.25, -0.2) is 0 Å². The quantitative estimate of drug-likeness (QED) is 0.918. The lowest BCUT2D eigenvalue weighted by Gasteiger charge is -2.25. The second-order valence-corrected chi connectivity index (χ2v) is 6.10. The molecule has 5 heteroatoms. The van der Waals surface area contributed by atoms with Gasteiger partial charge in [-0.2, -0.15) is 0 Å². The van der Waals surface area contributed by atoms with Crippen LogP contribution in [0, 0.1) is 6.92 Å². The Labute approximate surface area is 118 Å². The molecular weight excluding hydrogens is 260 g/mol. The zero-order valence-corrected chi connectivity index (χ0v) is 12.5. The molecule has 0 atom stereocenters. The van der Waals surface area contributed by atoms with Crippen LogP contribution in [0.4, 0.5) is 0 Å². The number of hydrogen-bond donors (Lipinski definition) is 1. The normalized spacial score (nSPS) is 11.9. The molecular formula is C14H19ClN4. The molecule has 19 heavy (non-hydrogen) atoms. The van der Waals surface area contributed by atoms with Gasteiger partial charge in [0.1, 0.15) is 5.82 Å². The summed E-state index contributed by atoms with van der Waals surface area (Å²) in [5.74, 6) is 1.58. The predicted molar refractivity (Wildman–Crippen MR) is 78.1 cm³/mol. The van der Waals surface area contributed by atoms with Gasteiger partial charge < -0.3 is 10.3 Å². The first-order valence-corrected chi connectivity index (χ1v) is 6.63. The van der Waals surface area contributed by atoms with Gasteiger partial charge in [0.2, 0.25) is 0 Å². The standard InChI is InChI=1S/C14H19ClN4/c1-9-5-10(7-11(15)6-9)13-18-17-12(8-16)19(13)14(2,3)4/h5-7H,8,16H2,1-4H3. The van der Waals surface area contributed by atoms with Crippen LogP contribution in [0.25, 0.3) is 11.4 Å². The van der Waals surface area contributed by atoms with Crippen molar-refractivity contribution >= 4 is 11.6 Å². The van der Waals surface area contributed by atoms with Crippen molar-refractivity contribution in [2.24, 2.45) is 5.73 Å². The van der Waals surface area contributed by atoms with Crippen molar-refractivity contribution in [1.29, 1.82) is 0 Å². The van der Waals surface area contributed by atoms with E-state index in [0.29, 0.717) is 11.6 Å². The summed E-state index contributed by atoms with van der Waals surface area (Å²) < 4.78 is 2.07. The third kappa shape index (κ3) is 2.80. The molecule has 1 aromatic heterocycles. The number of benzene rings is 1. The predicted octanol–water partition coefficient (Wildman–Crippen LogP) is 3.12. The van der Waals surface area contributed by atoms with Crippen molar-refractivity contribution in [2.75, 3.05) is 0 Å². The Hall–Kier alpha value is -1.39. The minimum absolute atomic E-state index is 0.135. The van der Waals surface area contributed by atoms with Crippen LogP contribution in [0.15, 0.2) is 18.2 Å². The third-order valence-electron chi connectivity index (χ3n) is 2.88. The summed E-state index contributed by atoms with van der Waals surface area (Å²) in [5.41, 5.74) is 7.68. The van der Waals surface area contributed by atoms with Crippen LogP contribution >= 0.6 is 11.6 Å². The Morgan fingerprint density at radius 3 is 2.42 bits per heavy atom. The molecule has 1 heterocycles. The van der Waals surface area contributed by atoms with E-state index in [2.05, 4.69) is 41.6 Å². The maximum Gasteiger partial charge on any atom is 0.164 e. The number of aromatic nitrogens is 3. The first-order chi connectivity index (χ1) is 8.82. The maximum atomic E-state index is 6.13. The minimum Gasteiger partial charge on any atom is -0.324 e. The van der Waals surface area contributed by atoms with Gasteiger partial charge in [0, 0.05) is 16.1 Å². The molecule has 0 radical (unpaired) electrons. The zero-order chi connectivity index (χ0) is 14.2. The van der Waals surface area contributed by atoms with Crippen molar-refractivity contribution < 1.29 is 0 Å². The third-order valence-corrected chi connectivity index (χ3v) is 3.10. The molecule has 2 rings (SSSR count). The molecule has 0 saturated heterocycles. The second-order valence-electron chi connectivity index (χ2n) is 5.67. The summed E-state index contributed by atoms with van der Waals surface area (Å²) in [6.07, 6.45) is 0. The van der Waals surface area contributed by atoms with E-state index in [1.165, 1.54) is 0 Å². The number of nitrogens with two attached hydrogens (primary N) is 1. The Balaban J connectivity index is 2.66. The molecule has 0 unspecified atom stereocenters. The maximum absolute atomic E-state index is 6.13. The molecule has 2 N–H and O–H groups in total. The number of rotatable bonds is 2. The molecule has 1 aromatic carbocycles. The fraction of sp³-hybridized carbons (Fsp3) is 0.429. The van der Waals surface area contributed by atoms with Crippen molar-refractivity contribution in [1.82, 2.24) is 14.8 Å². The first kappa shape index (κ1) is 14.0. The van der Waals surface area contributed by atoms with Crippen LogP contribution in [-0.4, -0.2) is 14.8 Å². The fourth-order valence-corrected chi connectivity index (χ4v) is 2.50. The first-order valence-electron chi connectivity index (χ1n) is 6.25. The Kier molecular flexibility index (Phi) is 3.65. The Morgan fingerprint density at radius 1 is 1.21 bits per heavy atom. The van der Waals surface area contributed by atoms with E-state index < -0.39 is 0 Å². The van der Waals surface area contributed by atoms with Gasteiger partial charge in [-0.3, -0.25) is 0 Å². The largest absolute Gasteiger partial charge is 0.324 e. The molecule has 0 amide bonds. The minimum atomic E-state index is -0.135. The molecule has 102 valence electrons. The van der Waals surface area contributed by atoms with E-state index in [9.17, 15) is 0 Å². The van der Waals surface area contributed by atoms with Crippen molar-refractivity contribution in [2.45, 2.75) is 39.8 Å². The topological polar surface area (TPSA) is 56.7 Å². The molecule has 0 spiro atoms. The molecule has 2 aromatic rings. The summed E-state index contributed by atoms with van der Waals surface area (Å²) in [7, 11) is 0. The van der Waals surface area contributed by atoms with Crippen LogP contribution in [0.1, 0.15) is 32.2 Å². The highest BCUT2D eigenvalue weighted by atomic mass is 35.5. The van der Waals surface area contributed by atoms with Crippen molar-refractivity contribution in [3.8, 4) is 11.4 Å². The summed E-state index contributed by atoms with van der Waals surface area (Å²) in [6.45, 7) is 8.70. The van der Waals surface area contributed by atoms with Crippen LogP contribution in [0.5, 0.6) is 0 Å². The van der Waals surface area contributed by atoms with E-state index in [1.54, 1.807) is 0 Å². The van der Waals surface area contributed by atoms with Gasteiger partial charge in [0.15, 0.2) is 5.82 Å². The lowest BCUT2D eigenvalue weighted by molar-refractivity contribution is 0.386. The Morgan fingerprint density at radius 2 is 1.89 bits per heavy atom. The van der Waals surface area contributed by atoms with Gasteiger partial charge in [0.25, 0.3) is 0 Å². The lowest BCUT2D eigenvalue weighted by atomic mass is 10.1. The highest BCUT2D eigenvalue weighted by molar-refractivity contribution is 6.30. The van der Waals surface area contributed by atoms with E-state index >= 15 is 0 Å². The van der Waals surface area contributed by atoms with Crippen LogP contribution in [-0.2, 0) is 12.1 Å². The van der Waals surface area contributed by atoms with Gasteiger partial charge in [-0.1, -0.05) is 11.6 Å². The van der Waals surface area contributed by atoms with Gasteiger partial charge in [0.05, 0.1) is 6.54 Å². The zero-order valence-electron chi connectivity index (χ0n) is 11.7. The lowest BCUT2D eigenvalue weighted by Crippen LogP contribution is -2.26. The van der Waals surface area contributed by atoms with E-state index in [4.69, 9.17) is 17.3 Å². The van der Waals surface area contributed by atoms with Crippen molar-refractivity contribution in [3.05, 3.63) is 34.6 Å². The summed E-state index contributed by atoms with van der Waals surface area (Å²) in [6, 6.07) is 5.88. The molecule has 0 aliphatic heterocycles. The van der Waals surface area contributed by atoms with Crippen molar-refractivity contribution in [3.63, 3.8) is 0 Å². The molecule has 0 aliphatic carbocycles. The van der Waals surface area contributed by atoms with E-state index in [-0.39, 0.29) is 5.54 Å². The summed E-state index contributed by atoms with van der Waals surface area (Å²) in [4.78, 5) is 0. The average Bonchev–Trinajstić information content (AvgIpc) is 2.70. The number of nitrogens with zero attached hydrogens (tertiary/aromatic N) is 3. The molecule has 0 bridgehead atoms. The van der Waals surface area contributed by atoms with Crippen LogP contribution in [0.3, 0.4) is 0 Å². The van der Waals surface area contributed by atoms with E-state index in [0.717, 1.165) is 22.8 Å². The van der Waals surface area contributed by atoms with Crippen LogP contribution < -0.4 is 5.73 Å². The SMILES string of the molecule is Cc1cc(Cl)cc(-c2nnc(CN)n2C(C)(C)C)c1. The monoisotopic (exact) mass is 278 g/mol. The van der Waals surface area contributed by atoms with Gasteiger partial charge >= 0.3 is 0 Å². The average molecular weight is 279 g/mol. The summed E-state index contributed by atoms with van der Waals surface area (Å²) >= 11 is 6.13. The van der Waals surface area contributed by atoms with Crippen LogP contribution in [0.2, 0.25) is 5.02 Å². The van der Waals surface area contributed by atoms with Gasteiger partial charge in [-0.15, -0.1) is 10.2 Å². The number of halogens is 1. The number of hydrogen-bond acceptors (Lipinski definition) is 3. The molecule has 0 fully saturated rings. The second kappa shape index (κ2) is 4.94. The highest BCUT2D eigenvalue weighted by Gasteiger charge is 2.23. The highest BCUT2D eigenvalue weighted by Crippen LogP contribution is 2.28. The summed E-state index contributed by atoms with van der Waals surface area (Å²) in [5, 5.41) is 9.16. The number of aryl methyl sites for hydroxylation is 1. The molecule has 0 saturated carbocycles.